The molecule has 0 spiro atoms. The van der Waals surface area contributed by atoms with E-state index in [1.54, 1.807) is 24.3 Å². The van der Waals surface area contributed by atoms with Crippen LogP contribution in [-0.4, -0.2) is 52.2 Å². The van der Waals surface area contributed by atoms with Crippen LogP contribution in [0.1, 0.15) is 12.8 Å². The predicted molar refractivity (Wildman–Crippen MR) is 79.8 cm³/mol. The Hall–Kier alpha value is -1.15. The molecule has 7 heteroatoms. The summed E-state index contributed by atoms with van der Waals surface area (Å²) in [6.45, 7) is 3.06. The van der Waals surface area contributed by atoms with Gasteiger partial charge in [-0.2, -0.15) is 4.31 Å². The SMILES string of the molecule is NCCCOc1ccc(S(=O)(=O)N2CCCOCC2)cc1. The largest absolute Gasteiger partial charge is 0.494 e. The van der Waals surface area contributed by atoms with Gasteiger partial charge in [0.1, 0.15) is 5.75 Å². The zero-order valence-electron chi connectivity index (χ0n) is 12.0. The van der Waals surface area contributed by atoms with E-state index in [1.807, 2.05) is 0 Å². The van der Waals surface area contributed by atoms with Crippen LogP contribution in [0.15, 0.2) is 29.2 Å². The minimum Gasteiger partial charge on any atom is -0.494 e. The molecule has 1 aromatic rings. The summed E-state index contributed by atoms with van der Waals surface area (Å²) in [5, 5.41) is 0. The van der Waals surface area contributed by atoms with Gasteiger partial charge in [-0.1, -0.05) is 0 Å². The fraction of sp³-hybridized carbons (Fsp3) is 0.571. The van der Waals surface area contributed by atoms with Crippen LogP contribution >= 0.6 is 0 Å². The van der Waals surface area contributed by atoms with Crippen LogP contribution in [0.4, 0.5) is 0 Å². The van der Waals surface area contributed by atoms with Crippen molar-refractivity contribution in [3.8, 4) is 5.75 Å². The molecule has 1 saturated heterocycles. The molecule has 0 aliphatic carbocycles. The molecule has 6 nitrogen and oxygen atoms in total. The molecular formula is C14H22N2O4S. The third-order valence-electron chi connectivity index (χ3n) is 3.26. The molecule has 1 aromatic carbocycles. The van der Waals surface area contributed by atoms with Crippen molar-refractivity contribution in [3.63, 3.8) is 0 Å². The summed E-state index contributed by atoms with van der Waals surface area (Å²) < 4.78 is 37.3. The Morgan fingerprint density at radius 2 is 1.95 bits per heavy atom. The Labute approximate surface area is 125 Å². The maximum Gasteiger partial charge on any atom is 0.243 e. The molecule has 1 fully saturated rings. The van der Waals surface area contributed by atoms with Gasteiger partial charge in [0.15, 0.2) is 0 Å². The van der Waals surface area contributed by atoms with E-state index in [9.17, 15) is 8.42 Å². The first-order chi connectivity index (χ1) is 10.1. The number of nitrogens with zero attached hydrogens (tertiary/aromatic N) is 1. The number of hydrogen-bond donors (Lipinski definition) is 1. The standard InChI is InChI=1S/C14H22N2O4S/c15-7-1-11-20-13-3-5-14(6-4-13)21(17,18)16-8-2-10-19-12-9-16/h3-6H,1-2,7-12,15H2. The fourth-order valence-corrected chi connectivity index (χ4v) is 3.56. The Bertz CT molecular complexity index is 522. The minimum absolute atomic E-state index is 0.288. The zero-order chi connectivity index (χ0) is 15.1. The lowest BCUT2D eigenvalue weighted by Gasteiger charge is -2.19. The Morgan fingerprint density at radius 1 is 1.19 bits per heavy atom. The normalized spacial score (nSPS) is 17.4. The minimum atomic E-state index is -3.45. The lowest BCUT2D eigenvalue weighted by Crippen LogP contribution is -2.33. The van der Waals surface area contributed by atoms with Crippen molar-refractivity contribution >= 4 is 10.0 Å². The lowest BCUT2D eigenvalue weighted by atomic mass is 10.3. The average molecular weight is 314 g/mol. The van der Waals surface area contributed by atoms with Crippen LogP contribution in [0.2, 0.25) is 0 Å². The summed E-state index contributed by atoms with van der Waals surface area (Å²) in [6, 6.07) is 6.52. The summed E-state index contributed by atoms with van der Waals surface area (Å²) in [5.74, 6) is 0.654. The van der Waals surface area contributed by atoms with Crippen molar-refractivity contribution in [1.82, 2.24) is 4.31 Å². The van der Waals surface area contributed by atoms with Gasteiger partial charge in [-0.15, -0.1) is 0 Å². The summed E-state index contributed by atoms with van der Waals surface area (Å²) in [7, 11) is -3.45. The fourth-order valence-electron chi connectivity index (χ4n) is 2.09. The van der Waals surface area contributed by atoms with Crippen LogP contribution in [0.5, 0.6) is 5.75 Å². The predicted octanol–water partition coefficient (Wildman–Crippen LogP) is 0.825. The maximum atomic E-state index is 12.5. The monoisotopic (exact) mass is 314 g/mol. The number of hydrogen-bond acceptors (Lipinski definition) is 5. The van der Waals surface area contributed by atoms with Gasteiger partial charge in [0.05, 0.1) is 18.1 Å². The van der Waals surface area contributed by atoms with Crippen molar-refractivity contribution < 1.29 is 17.9 Å². The number of nitrogens with two attached hydrogens (primary N) is 1. The molecule has 1 aliphatic heterocycles. The highest BCUT2D eigenvalue weighted by Crippen LogP contribution is 2.20. The van der Waals surface area contributed by atoms with Crippen molar-refractivity contribution in [3.05, 3.63) is 24.3 Å². The summed E-state index contributed by atoms with van der Waals surface area (Å²) in [6.07, 6.45) is 1.49. The molecule has 118 valence electrons. The Balaban J connectivity index is 2.05. The van der Waals surface area contributed by atoms with E-state index in [1.165, 1.54) is 4.31 Å². The summed E-state index contributed by atoms with van der Waals surface area (Å²) in [5.41, 5.74) is 5.39. The van der Waals surface area contributed by atoms with Crippen LogP contribution < -0.4 is 10.5 Å². The van der Waals surface area contributed by atoms with Crippen LogP contribution in [0.25, 0.3) is 0 Å². The molecule has 2 N–H and O–H groups in total. The highest BCUT2D eigenvalue weighted by atomic mass is 32.2. The Kier molecular flexibility index (Phi) is 5.98. The third kappa shape index (κ3) is 4.41. The topological polar surface area (TPSA) is 81.9 Å². The first kappa shape index (κ1) is 16.2. The molecule has 1 aliphatic rings. The van der Waals surface area contributed by atoms with Gasteiger partial charge in [0.2, 0.25) is 10.0 Å². The molecule has 0 saturated carbocycles. The van der Waals surface area contributed by atoms with E-state index in [0.717, 1.165) is 12.8 Å². The molecule has 0 bridgehead atoms. The van der Waals surface area contributed by atoms with Crippen molar-refractivity contribution in [2.75, 3.05) is 39.5 Å². The van der Waals surface area contributed by atoms with Gasteiger partial charge in [0, 0.05) is 19.7 Å². The molecule has 0 atom stereocenters. The number of sulfonamides is 1. The number of rotatable bonds is 6. The molecule has 1 heterocycles. The van der Waals surface area contributed by atoms with Crippen molar-refractivity contribution in [1.29, 1.82) is 0 Å². The van der Waals surface area contributed by atoms with E-state index in [0.29, 0.717) is 45.2 Å². The quantitative estimate of drug-likeness (QED) is 0.786. The van der Waals surface area contributed by atoms with E-state index >= 15 is 0 Å². The van der Waals surface area contributed by atoms with Crippen LogP contribution in [-0.2, 0) is 14.8 Å². The van der Waals surface area contributed by atoms with Crippen molar-refractivity contribution in [2.24, 2.45) is 5.73 Å². The van der Waals surface area contributed by atoms with Gasteiger partial charge in [-0.3, -0.25) is 0 Å². The van der Waals surface area contributed by atoms with Gasteiger partial charge in [0.25, 0.3) is 0 Å². The van der Waals surface area contributed by atoms with Crippen LogP contribution in [0.3, 0.4) is 0 Å². The smallest absolute Gasteiger partial charge is 0.243 e. The molecule has 2 rings (SSSR count). The van der Waals surface area contributed by atoms with Gasteiger partial charge < -0.3 is 15.2 Å². The summed E-state index contributed by atoms with van der Waals surface area (Å²) in [4.78, 5) is 0.288. The first-order valence-corrected chi connectivity index (χ1v) is 8.59. The number of benzene rings is 1. The van der Waals surface area contributed by atoms with E-state index in [2.05, 4.69) is 0 Å². The van der Waals surface area contributed by atoms with Crippen LogP contribution in [0, 0.1) is 0 Å². The second kappa shape index (κ2) is 7.74. The molecule has 0 amide bonds. The molecule has 0 aromatic heterocycles. The Morgan fingerprint density at radius 3 is 2.67 bits per heavy atom. The highest BCUT2D eigenvalue weighted by molar-refractivity contribution is 7.89. The molecular weight excluding hydrogens is 292 g/mol. The zero-order valence-corrected chi connectivity index (χ0v) is 12.8. The van der Waals surface area contributed by atoms with Gasteiger partial charge in [-0.05, 0) is 43.7 Å². The maximum absolute atomic E-state index is 12.5. The average Bonchev–Trinajstić information content (AvgIpc) is 2.78. The summed E-state index contributed by atoms with van der Waals surface area (Å²) >= 11 is 0. The highest BCUT2D eigenvalue weighted by Gasteiger charge is 2.25. The lowest BCUT2D eigenvalue weighted by molar-refractivity contribution is 0.148. The second-order valence-corrected chi connectivity index (χ2v) is 6.77. The molecule has 0 unspecified atom stereocenters. The second-order valence-electron chi connectivity index (χ2n) is 4.83. The first-order valence-electron chi connectivity index (χ1n) is 7.15. The van der Waals surface area contributed by atoms with E-state index in [-0.39, 0.29) is 4.90 Å². The number of ether oxygens (including phenoxy) is 2. The van der Waals surface area contributed by atoms with Gasteiger partial charge in [-0.25, -0.2) is 8.42 Å². The third-order valence-corrected chi connectivity index (χ3v) is 5.17. The molecule has 21 heavy (non-hydrogen) atoms. The van der Waals surface area contributed by atoms with Gasteiger partial charge >= 0.3 is 0 Å². The van der Waals surface area contributed by atoms with E-state index < -0.39 is 10.0 Å². The molecule has 0 radical (unpaired) electrons. The van der Waals surface area contributed by atoms with E-state index in [4.69, 9.17) is 15.2 Å². The van der Waals surface area contributed by atoms with Crippen molar-refractivity contribution in [2.45, 2.75) is 17.7 Å².